The van der Waals surface area contributed by atoms with Gasteiger partial charge in [-0.25, -0.2) is 18.1 Å². The number of nitrogens with zero attached hydrogens (tertiary/aromatic N) is 3. The molecule has 146 valence electrons. The lowest BCUT2D eigenvalue weighted by molar-refractivity contribution is 0.102. The van der Waals surface area contributed by atoms with Gasteiger partial charge in [0.2, 0.25) is 16.0 Å². The van der Waals surface area contributed by atoms with Crippen molar-refractivity contribution >= 4 is 55.1 Å². The van der Waals surface area contributed by atoms with E-state index in [0.29, 0.717) is 6.54 Å². The third-order valence-corrected chi connectivity index (χ3v) is 4.90. The summed E-state index contributed by atoms with van der Waals surface area (Å²) in [6, 6.07) is 12.0. The van der Waals surface area contributed by atoms with Crippen molar-refractivity contribution in [3.05, 3.63) is 69.4 Å². The van der Waals surface area contributed by atoms with Crippen LogP contribution in [0.25, 0.3) is 0 Å². The minimum Gasteiger partial charge on any atom is -0.289 e. The van der Waals surface area contributed by atoms with Crippen LogP contribution in [0.15, 0.2) is 53.3 Å². The highest BCUT2D eigenvalue weighted by Crippen LogP contribution is 2.22. The Labute approximate surface area is 175 Å². The Hall–Kier alpha value is -2.43. The summed E-state index contributed by atoms with van der Waals surface area (Å²) < 4.78 is 27.9. The number of hydrogen-bond acceptors (Lipinski definition) is 5. The molecular weight excluding hydrogens is 470 g/mol. The molecule has 0 bridgehead atoms. The van der Waals surface area contributed by atoms with Crippen molar-refractivity contribution < 1.29 is 13.2 Å². The average Bonchev–Trinajstić information content (AvgIpc) is 3.04. The van der Waals surface area contributed by atoms with E-state index in [0.717, 1.165) is 16.3 Å². The van der Waals surface area contributed by atoms with Crippen LogP contribution in [0.1, 0.15) is 15.9 Å². The lowest BCUT2D eigenvalue weighted by Crippen LogP contribution is -2.18. The molecule has 0 saturated heterocycles. The van der Waals surface area contributed by atoms with Crippen LogP contribution in [0.3, 0.4) is 0 Å². The largest absolute Gasteiger partial charge is 0.289 e. The fourth-order valence-corrected chi connectivity index (χ4v) is 3.38. The second-order valence-electron chi connectivity index (χ2n) is 5.91. The van der Waals surface area contributed by atoms with Crippen molar-refractivity contribution in [3.63, 3.8) is 0 Å². The molecule has 0 saturated carbocycles. The molecule has 1 amide bonds. The SMILES string of the molecule is CS(=O)(=O)Nc1ccc(Cl)cc1C(=O)Nc1ncn(Cc2ccc(Br)cc2)n1. The third-order valence-electron chi connectivity index (χ3n) is 3.54. The van der Waals surface area contributed by atoms with E-state index in [-0.39, 0.29) is 22.2 Å². The Bertz CT molecular complexity index is 1120. The monoisotopic (exact) mass is 483 g/mol. The maximum Gasteiger partial charge on any atom is 0.260 e. The molecule has 0 aliphatic carbocycles. The van der Waals surface area contributed by atoms with Gasteiger partial charge in [0, 0.05) is 9.50 Å². The molecule has 2 aromatic carbocycles. The van der Waals surface area contributed by atoms with E-state index in [1.54, 1.807) is 4.68 Å². The molecule has 28 heavy (non-hydrogen) atoms. The number of anilines is 2. The van der Waals surface area contributed by atoms with Crippen LogP contribution in [0.5, 0.6) is 0 Å². The molecule has 11 heteroatoms. The van der Waals surface area contributed by atoms with Crippen molar-refractivity contribution in [2.75, 3.05) is 16.3 Å². The first-order valence-electron chi connectivity index (χ1n) is 7.92. The molecule has 8 nitrogen and oxygen atoms in total. The lowest BCUT2D eigenvalue weighted by Gasteiger charge is -2.10. The summed E-state index contributed by atoms with van der Waals surface area (Å²) in [4.78, 5) is 16.6. The van der Waals surface area contributed by atoms with Gasteiger partial charge in [0.15, 0.2) is 0 Å². The van der Waals surface area contributed by atoms with E-state index in [4.69, 9.17) is 11.6 Å². The molecule has 0 unspecified atom stereocenters. The van der Waals surface area contributed by atoms with Crippen molar-refractivity contribution in [2.24, 2.45) is 0 Å². The molecule has 0 aliphatic heterocycles. The zero-order valence-corrected chi connectivity index (χ0v) is 17.7. The van der Waals surface area contributed by atoms with E-state index < -0.39 is 15.9 Å². The van der Waals surface area contributed by atoms with Gasteiger partial charge in [-0.2, -0.15) is 0 Å². The number of benzene rings is 2. The zero-order chi connectivity index (χ0) is 20.3. The van der Waals surface area contributed by atoms with Crippen LogP contribution < -0.4 is 10.0 Å². The van der Waals surface area contributed by atoms with Gasteiger partial charge >= 0.3 is 0 Å². The van der Waals surface area contributed by atoms with Gasteiger partial charge in [-0.1, -0.05) is 39.7 Å². The molecule has 3 aromatic rings. The van der Waals surface area contributed by atoms with Crippen LogP contribution >= 0.6 is 27.5 Å². The number of halogens is 2. The number of nitrogens with one attached hydrogen (secondary N) is 2. The quantitative estimate of drug-likeness (QED) is 0.558. The predicted octanol–water partition coefficient (Wildman–Crippen LogP) is 3.37. The lowest BCUT2D eigenvalue weighted by atomic mass is 10.1. The zero-order valence-electron chi connectivity index (χ0n) is 14.6. The summed E-state index contributed by atoms with van der Waals surface area (Å²) in [5.41, 5.74) is 1.18. The Kier molecular flexibility index (Phi) is 6.01. The maximum atomic E-state index is 12.6. The molecule has 2 N–H and O–H groups in total. The Balaban J connectivity index is 1.76. The summed E-state index contributed by atoms with van der Waals surface area (Å²) in [5.74, 6) is -0.498. The van der Waals surface area contributed by atoms with Crippen molar-refractivity contribution in [1.82, 2.24) is 14.8 Å². The molecule has 0 atom stereocenters. The van der Waals surface area contributed by atoms with Gasteiger partial charge in [-0.05, 0) is 35.9 Å². The van der Waals surface area contributed by atoms with Crippen molar-refractivity contribution in [1.29, 1.82) is 0 Å². The average molecular weight is 485 g/mol. The van der Waals surface area contributed by atoms with E-state index in [9.17, 15) is 13.2 Å². The summed E-state index contributed by atoms with van der Waals surface area (Å²) in [6.07, 6.45) is 2.49. The fraction of sp³-hybridized carbons (Fsp3) is 0.118. The molecule has 1 heterocycles. The molecule has 0 aliphatic rings. The number of sulfonamides is 1. The molecule has 1 aromatic heterocycles. The van der Waals surface area contributed by atoms with Gasteiger partial charge in [-0.3, -0.25) is 14.8 Å². The number of carbonyl (C=O) groups is 1. The van der Waals surface area contributed by atoms with Crippen LogP contribution in [0, 0.1) is 0 Å². The van der Waals surface area contributed by atoms with E-state index in [1.807, 2.05) is 24.3 Å². The summed E-state index contributed by atoms with van der Waals surface area (Å²) in [5, 5.41) is 7.04. The predicted molar refractivity (Wildman–Crippen MR) is 111 cm³/mol. The fourth-order valence-electron chi connectivity index (χ4n) is 2.37. The van der Waals surface area contributed by atoms with E-state index >= 15 is 0 Å². The highest BCUT2D eigenvalue weighted by Gasteiger charge is 2.16. The van der Waals surface area contributed by atoms with Gasteiger partial charge in [-0.15, -0.1) is 5.10 Å². The first-order chi connectivity index (χ1) is 13.2. The minimum atomic E-state index is -3.56. The normalized spacial score (nSPS) is 11.2. The molecular formula is C17H15BrClN5O3S. The molecule has 0 spiro atoms. The second kappa shape index (κ2) is 8.29. The third kappa shape index (κ3) is 5.54. The summed E-state index contributed by atoms with van der Waals surface area (Å²) in [6.45, 7) is 0.480. The van der Waals surface area contributed by atoms with Crippen LogP contribution in [-0.4, -0.2) is 35.3 Å². The topological polar surface area (TPSA) is 106 Å². The smallest absolute Gasteiger partial charge is 0.260 e. The van der Waals surface area contributed by atoms with Crippen molar-refractivity contribution in [2.45, 2.75) is 6.54 Å². The number of hydrogen-bond donors (Lipinski definition) is 2. The standard InChI is InChI=1S/C17H15BrClN5O3S/c1-28(26,27)23-15-7-6-13(19)8-14(15)16(25)21-17-20-10-24(22-17)9-11-2-4-12(18)5-3-11/h2-8,10,23H,9H2,1H3,(H,21,22,25). The second-order valence-corrected chi connectivity index (χ2v) is 9.01. The first kappa shape index (κ1) is 20.3. The first-order valence-corrected chi connectivity index (χ1v) is 11.0. The Morgan fingerprint density at radius 1 is 1.21 bits per heavy atom. The van der Waals surface area contributed by atoms with Crippen LogP contribution in [0.2, 0.25) is 5.02 Å². The van der Waals surface area contributed by atoms with Gasteiger partial charge in [0.05, 0.1) is 24.1 Å². The van der Waals surface area contributed by atoms with E-state index in [2.05, 4.69) is 36.1 Å². The molecule has 3 rings (SSSR count). The molecule has 0 fully saturated rings. The van der Waals surface area contributed by atoms with Crippen molar-refractivity contribution in [3.8, 4) is 0 Å². The van der Waals surface area contributed by atoms with Crippen LogP contribution in [0.4, 0.5) is 11.6 Å². The van der Waals surface area contributed by atoms with Gasteiger partial charge < -0.3 is 0 Å². The minimum absolute atomic E-state index is 0.0576. The number of aromatic nitrogens is 3. The maximum absolute atomic E-state index is 12.6. The van der Waals surface area contributed by atoms with Gasteiger partial charge in [0.25, 0.3) is 5.91 Å². The molecule has 0 radical (unpaired) electrons. The highest BCUT2D eigenvalue weighted by molar-refractivity contribution is 9.10. The number of rotatable bonds is 6. The van der Waals surface area contributed by atoms with E-state index in [1.165, 1.54) is 24.5 Å². The number of amides is 1. The van der Waals surface area contributed by atoms with Gasteiger partial charge in [0.1, 0.15) is 6.33 Å². The summed E-state index contributed by atoms with van der Waals surface area (Å²) in [7, 11) is -3.56. The Morgan fingerprint density at radius 2 is 1.93 bits per heavy atom. The highest BCUT2D eigenvalue weighted by atomic mass is 79.9. The van der Waals surface area contributed by atoms with Crippen LogP contribution in [-0.2, 0) is 16.6 Å². The number of carbonyl (C=O) groups excluding carboxylic acids is 1. The summed E-state index contributed by atoms with van der Waals surface area (Å²) >= 11 is 9.32. The Morgan fingerprint density at radius 3 is 2.61 bits per heavy atom.